The number of rotatable bonds is 6. The Morgan fingerprint density at radius 1 is 0.970 bits per heavy atom. The first-order chi connectivity index (χ1) is 15.7. The second kappa shape index (κ2) is 10.5. The summed E-state index contributed by atoms with van der Waals surface area (Å²) in [6, 6.07) is 14.5. The van der Waals surface area contributed by atoms with Crippen LogP contribution in [-0.2, 0) is 19.6 Å². The van der Waals surface area contributed by atoms with E-state index in [1.54, 1.807) is 0 Å². The molecule has 0 bridgehead atoms. The van der Waals surface area contributed by atoms with Gasteiger partial charge >= 0.3 is 12.0 Å². The van der Waals surface area contributed by atoms with E-state index < -0.39 is 34.0 Å². The van der Waals surface area contributed by atoms with Gasteiger partial charge in [-0.15, -0.1) is 0 Å². The number of sulfonamides is 1. The largest absolute Gasteiger partial charge is 0.449 e. The van der Waals surface area contributed by atoms with E-state index in [0.717, 1.165) is 5.69 Å². The van der Waals surface area contributed by atoms with Crippen LogP contribution in [0.2, 0.25) is 0 Å². The molecule has 1 aliphatic rings. The van der Waals surface area contributed by atoms with Gasteiger partial charge in [-0.05, 0) is 37.3 Å². The van der Waals surface area contributed by atoms with Crippen LogP contribution in [-0.4, -0.2) is 70.0 Å². The zero-order valence-electron chi connectivity index (χ0n) is 18.4. The van der Waals surface area contributed by atoms with Crippen molar-refractivity contribution in [1.29, 1.82) is 0 Å². The van der Waals surface area contributed by atoms with Crippen LogP contribution in [0.4, 0.5) is 10.5 Å². The maximum atomic E-state index is 13.1. The summed E-state index contributed by atoms with van der Waals surface area (Å²) in [6.07, 6.45) is -1.25. The fraction of sp³-hybridized carbons (Fsp3) is 0.318. The molecule has 3 rings (SSSR count). The van der Waals surface area contributed by atoms with Crippen molar-refractivity contribution in [2.75, 3.05) is 38.1 Å². The number of carbonyl (C=O) groups is 3. The molecule has 1 fully saturated rings. The van der Waals surface area contributed by atoms with Gasteiger partial charge in [-0.1, -0.05) is 24.3 Å². The van der Waals surface area contributed by atoms with Crippen LogP contribution in [0.3, 0.4) is 0 Å². The Labute approximate surface area is 192 Å². The van der Waals surface area contributed by atoms with E-state index in [4.69, 9.17) is 4.74 Å². The van der Waals surface area contributed by atoms with Crippen LogP contribution in [0.1, 0.15) is 17.3 Å². The predicted molar refractivity (Wildman–Crippen MR) is 121 cm³/mol. The Balaban J connectivity index is 1.66. The van der Waals surface area contributed by atoms with Gasteiger partial charge in [0.2, 0.25) is 10.0 Å². The number of nitrogens with zero attached hydrogens (tertiary/aromatic N) is 2. The maximum Gasteiger partial charge on any atom is 0.338 e. The molecule has 2 N–H and O–H groups in total. The lowest BCUT2D eigenvalue weighted by atomic mass is 10.2. The molecule has 1 heterocycles. The Morgan fingerprint density at radius 3 is 2.27 bits per heavy atom. The molecule has 2 aromatic carbocycles. The second-order valence-electron chi connectivity index (χ2n) is 7.37. The minimum atomic E-state index is -3.82. The lowest BCUT2D eigenvalue weighted by molar-refractivity contribution is -0.127. The lowest BCUT2D eigenvalue weighted by Gasteiger charge is -2.35. The highest BCUT2D eigenvalue weighted by Crippen LogP contribution is 2.22. The van der Waals surface area contributed by atoms with Crippen molar-refractivity contribution in [1.82, 2.24) is 14.9 Å². The molecule has 0 radical (unpaired) electrons. The van der Waals surface area contributed by atoms with E-state index in [9.17, 15) is 22.8 Å². The standard InChI is InChI=1S/C22H26N4O6S/c1-16(20(27)24-22(29)23-2)32-21(28)17-7-6-10-19(15-17)33(30,31)26-13-11-25(12-14-26)18-8-4-3-5-9-18/h3-10,15-16H,11-14H2,1-2H3,(H2,23,24,27,29). The molecule has 3 amide bonds. The monoisotopic (exact) mass is 474 g/mol. The first kappa shape index (κ1) is 24.2. The number of hydrogen-bond acceptors (Lipinski definition) is 7. The number of nitrogens with one attached hydrogen (secondary N) is 2. The van der Waals surface area contributed by atoms with E-state index in [2.05, 4.69) is 10.2 Å². The number of urea groups is 1. The zero-order valence-corrected chi connectivity index (χ0v) is 19.2. The molecule has 1 saturated heterocycles. The summed E-state index contributed by atoms with van der Waals surface area (Å²) in [5, 5.41) is 4.22. The van der Waals surface area contributed by atoms with Gasteiger partial charge < -0.3 is 15.0 Å². The van der Waals surface area contributed by atoms with Crippen molar-refractivity contribution in [2.45, 2.75) is 17.9 Å². The van der Waals surface area contributed by atoms with Gasteiger partial charge in [-0.25, -0.2) is 18.0 Å². The van der Waals surface area contributed by atoms with Crippen LogP contribution < -0.4 is 15.5 Å². The first-order valence-corrected chi connectivity index (χ1v) is 11.8. The fourth-order valence-corrected chi connectivity index (χ4v) is 4.78. The van der Waals surface area contributed by atoms with E-state index in [1.165, 1.54) is 42.5 Å². The number of amides is 3. The van der Waals surface area contributed by atoms with Crippen molar-refractivity contribution in [3.8, 4) is 0 Å². The predicted octanol–water partition coefficient (Wildman–Crippen LogP) is 1.20. The average molecular weight is 475 g/mol. The highest BCUT2D eigenvalue weighted by molar-refractivity contribution is 7.89. The van der Waals surface area contributed by atoms with Crippen molar-refractivity contribution in [3.05, 3.63) is 60.2 Å². The first-order valence-electron chi connectivity index (χ1n) is 10.4. The molecule has 33 heavy (non-hydrogen) atoms. The number of ether oxygens (including phenoxy) is 1. The van der Waals surface area contributed by atoms with Gasteiger partial charge in [0, 0.05) is 38.9 Å². The minimum absolute atomic E-state index is 0.0152. The third kappa shape index (κ3) is 5.88. The van der Waals surface area contributed by atoms with Crippen LogP contribution in [0.15, 0.2) is 59.5 Å². The summed E-state index contributed by atoms with van der Waals surface area (Å²) in [5.41, 5.74) is 1.02. The molecule has 1 unspecified atom stereocenters. The van der Waals surface area contributed by atoms with Crippen LogP contribution >= 0.6 is 0 Å². The molecule has 0 spiro atoms. The number of esters is 1. The quantitative estimate of drug-likeness (QED) is 0.603. The number of imide groups is 1. The van der Waals surface area contributed by atoms with E-state index in [-0.39, 0.29) is 10.5 Å². The molecule has 0 aliphatic carbocycles. The van der Waals surface area contributed by atoms with Crippen molar-refractivity contribution >= 4 is 33.6 Å². The number of benzene rings is 2. The molecular weight excluding hydrogens is 448 g/mol. The molecule has 11 heteroatoms. The van der Waals surface area contributed by atoms with Gasteiger partial charge in [0.25, 0.3) is 5.91 Å². The normalized spacial score (nSPS) is 15.4. The number of para-hydroxylation sites is 1. The number of hydrogen-bond donors (Lipinski definition) is 2. The molecule has 176 valence electrons. The van der Waals surface area contributed by atoms with Gasteiger partial charge in [0.15, 0.2) is 6.10 Å². The van der Waals surface area contributed by atoms with Crippen LogP contribution in [0.25, 0.3) is 0 Å². The van der Waals surface area contributed by atoms with Crippen LogP contribution in [0, 0.1) is 0 Å². The Bertz CT molecular complexity index is 1110. The summed E-state index contributed by atoms with van der Waals surface area (Å²) in [5.74, 6) is -1.68. The zero-order chi connectivity index (χ0) is 24.0. The van der Waals surface area contributed by atoms with Gasteiger partial charge in [0.1, 0.15) is 0 Å². The second-order valence-corrected chi connectivity index (χ2v) is 9.31. The third-order valence-corrected chi connectivity index (χ3v) is 7.08. The molecule has 0 saturated carbocycles. The molecule has 10 nitrogen and oxygen atoms in total. The Hall–Kier alpha value is -3.44. The summed E-state index contributed by atoms with van der Waals surface area (Å²) in [7, 11) is -2.48. The molecule has 1 atom stereocenters. The van der Waals surface area contributed by atoms with E-state index in [1.807, 2.05) is 35.6 Å². The van der Waals surface area contributed by atoms with Gasteiger partial charge in [-0.2, -0.15) is 4.31 Å². The van der Waals surface area contributed by atoms with Crippen molar-refractivity contribution in [3.63, 3.8) is 0 Å². The number of anilines is 1. The van der Waals surface area contributed by atoms with E-state index in [0.29, 0.717) is 26.2 Å². The Morgan fingerprint density at radius 2 is 1.64 bits per heavy atom. The summed E-state index contributed by atoms with van der Waals surface area (Å²) in [4.78, 5) is 37.6. The Kier molecular flexibility index (Phi) is 7.67. The number of piperazine rings is 1. The van der Waals surface area contributed by atoms with Crippen molar-refractivity contribution in [2.24, 2.45) is 0 Å². The maximum absolute atomic E-state index is 13.1. The fourth-order valence-electron chi connectivity index (χ4n) is 3.32. The topological polar surface area (TPSA) is 125 Å². The lowest BCUT2D eigenvalue weighted by Crippen LogP contribution is -2.48. The molecule has 0 aromatic heterocycles. The highest BCUT2D eigenvalue weighted by atomic mass is 32.2. The van der Waals surface area contributed by atoms with Crippen LogP contribution in [0.5, 0.6) is 0 Å². The molecule has 1 aliphatic heterocycles. The number of carbonyl (C=O) groups excluding carboxylic acids is 3. The third-order valence-electron chi connectivity index (χ3n) is 5.18. The summed E-state index contributed by atoms with van der Waals surface area (Å²) >= 11 is 0. The average Bonchev–Trinajstić information content (AvgIpc) is 2.84. The van der Waals surface area contributed by atoms with E-state index >= 15 is 0 Å². The van der Waals surface area contributed by atoms with Gasteiger partial charge in [-0.3, -0.25) is 10.1 Å². The summed E-state index contributed by atoms with van der Waals surface area (Å²) in [6.45, 7) is 3.01. The SMILES string of the molecule is CNC(=O)NC(=O)C(C)OC(=O)c1cccc(S(=O)(=O)N2CCN(c3ccccc3)CC2)c1. The van der Waals surface area contributed by atoms with Gasteiger partial charge in [0.05, 0.1) is 10.5 Å². The molecule has 2 aromatic rings. The summed E-state index contributed by atoms with van der Waals surface area (Å²) < 4.78 is 32.7. The molecular formula is C22H26N4O6S. The van der Waals surface area contributed by atoms with Crippen molar-refractivity contribution < 1.29 is 27.5 Å². The smallest absolute Gasteiger partial charge is 0.338 e. The highest BCUT2D eigenvalue weighted by Gasteiger charge is 2.29. The minimum Gasteiger partial charge on any atom is -0.449 e.